The number of benzene rings is 1. The van der Waals surface area contributed by atoms with E-state index in [2.05, 4.69) is 20.7 Å². The Bertz CT molecular complexity index is 893. The van der Waals surface area contributed by atoms with Crippen molar-refractivity contribution in [2.75, 3.05) is 5.01 Å². The van der Waals surface area contributed by atoms with E-state index in [9.17, 15) is 9.59 Å². The summed E-state index contributed by atoms with van der Waals surface area (Å²) >= 11 is 6.08. The number of hydrogen-bond donors (Lipinski definition) is 3. The minimum atomic E-state index is -0.515. The molecule has 1 aliphatic rings. The summed E-state index contributed by atoms with van der Waals surface area (Å²) in [6.07, 6.45) is 1.94. The number of hydrogen-bond acceptors (Lipinski definition) is 5. The van der Waals surface area contributed by atoms with Crippen molar-refractivity contribution in [1.82, 2.24) is 20.7 Å². The molecule has 0 aliphatic carbocycles. The van der Waals surface area contributed by atoms with Crippen molar-refractivity contribution in [2.24, 2.45) is 0 Å². The van der Waals surface area contributed by atoms with Crippen molar-refractivity contribution in [2.45, 2.75) is 26.4 Å². The molecule has 1 atom stereocenters. The molecule has 1 aliphatic heterocycles. The van der Waals surface area contributed by atoms with Gasteiger partial charge in [0.1, 0.15) is 6.17 Å². The number of H-pyrrole nitrogens is 1. The van der Waals surface area contributed by atoms with E-state index < -0.39 is 6.17 Å². The van der Waals surface area contributed by atoms with Crippen molar-refractivity contribution in [3.63, 3.8) is 0 Å². The molecule has 2 aromatic rings. The summed E-state index contributed by atoms with van der Waals surface area (Å²) in [4.78, 5) is 31.5. The first-order valence-electron chi connectivity index (χ1n) is 7.88. The second kappa shape index (κ2) is 6.98. The number of aromatic nitrogens is 2. The largest absolute Gasteiger partial charge is 0.327 e. The molecule has 0 saturated carbocycles. The molecule has 25 heavy (non-hydrogen) atoms. The third-order valence-electron chi connectivity index (χ3n) is 3.75. The first-order valence-corrected chi connectivity index (χ1v) is 8.25. The van der Waals surface area contributed by atoms with E-state index in [1.807, 2.05) is 19.9 Å². The van der Waals surface area contributed by atoms with Crippen molar-refractivity contribution in [3.05, 3.63) is 68.7 Å². The summed E-state index contributed by atoms with van der Waals surface area (Å²) < 4.78 is 0. The lowest BCUT2D eigenvalue weighted by atomic mass is 10.2. The van der Waals surface area contributed by atoms with Gasteiger partial charge in [0, 0.05) is 17.5 Å². The van der Waals surface area contributed by atoms with Gasteiger partial charge in [0.05, 0.1) is 10.6 Å². The third-order valence-corrected chi connectivity index (χ3v) is 4.08. The van der Waals surface area contributed by atoms with Crippen LogP contribution < -0.4 is 21.3 Å². The van der Waals surface area contributed by atoms with Gasteiger partial charge in [-0.25, -0.2) is 9.99 Å². The van der Waals surface area contributed by atoms with Crippen LogP contribution in [0, 0.1) is 0 Å². The number of carbonyl (C=O) groups excluding carboxylic acids is 1. The van der Waals surface area contributed by atoms with Crippen LogP contribution in [0.3, 0.4) is 0 Å². The smallest absolute Gasteiger partial charge is 0.254 e. The summed E-state index contributed by atoms with van der Waals surface area (Å²) in [6.45, 7) is 3.78. The van der Waals surface area contributed by atoms with Gasteiger partial charge in [-0.1, -0.05) is 30.7 Å². The Hall–Kier alpha value is -2.80. The number of aromatic amines is 1. The van der Waals surface area contributed by atoms with Crippen LogP contribution in [0.4, 0.5) is 5.95 Å². The number of nitrogens with zero attached hydrogens (tertiary/aromatic N) is 2. The Morgan fingerprint density at radius 1 is 1.40 bits per heavy atom. The van der Waals surface area contributed by atoms with Gasteiger partial charge in [-0.15, -0.1) is 0 Å². The van der Waals surface area contributed by atoms with E-state index in [4.69, 9.17) is 11.6 Å². The van der Waals surface area contributed by atoms with Gasteiger partial charge in [-0.2, -0.15) is 0 Å². The van der Waals surface area contributed by atoms with Gasteiger partial charge in [0.2, 0.25) is 5.95 Å². The molecule has 8 heteroatoms. The maximum Gasteiger partial charge on any atom is 0.254 e. The molecule has 0 bridgehead atoms. The number of anilines is 1. The molecule has 130 valence electrons. The Morgan fingerprint density at radius 3 is 2.88 bits per heavy atom. The zero-order chi connectivity index (χ0) is 18.0. The van der Waals surface area contributed by atoms with Gasteiger partial charge in [0.25, 0.3) is 11.5 Å². The monoisotopic (exact) mass is 359 g/mol. The standard InChI is InChI=1S/C17H18ClN5O2/c1-3-11-9-15(24)21-17(19-11)23-14(8-10(2)22-23)20-16(25)12-6-4-5-7-13(12)18/h4-9,14,22H,3H2,1-2H3,(H,20,25)(H,19,21,24). The lowest BCUT2D eigenvalue weighted by molar-refractivity contribution is 0.0943. The molecule has 3 rings (SSSR count). The van der Waals surface area contributed by atoms with Crippen LogP contribution in [0.2, 0.25) is 5.02 Å². The number of amides is 1. The minimum Gasteiger partial charge on any atom is -0.327 e. The van der Waals surface area contributed by atoms with Crippen LogP contribution in [0.1, 0.15) is 29.9 Å². The zero-order valence-electron chi connectivity index (χ0n) is 13.8. The average molecular weight is 360 g/mol. The van der Waals surface area contributed by atoms with E-state index in [-0.39, 0.29) is 11.5 Å². The number of carbonyl (C=O) groups is 1. The molecule has 1 aromatic heterocycles. The van der Waals surface area contributed by atoms with Gasteiger partial charge in [0.15, 0.2) is 0 Å². The Morgan fingerprint density at radius 2 is 2.16 bits per heavy atom. The number of halogens is 1. The summed E-state index contributed by atoms with van der Waals surface area (Å²) in [5.41, 5.74) is 4.71. The lowest BCUT2D eigenvalue weighted by Crippen LogP contribution is -2.50. The fourth-order valence-corrected chi connectivity index (χ4v) is 2.77. The molecular formula is C17H18ClN5O2. The molecule has 0 saturated heterocycles. The number of hydrazine groups is 1. The molecule has 3 N–H and O–H groups in total. The molecule has 0 fully saturated rings. The van der Waals surface area contributed by atoms with Crippen LogP contribution >= 0.6 is 11.6 Å². The van der Waals surface area contributed by atoms with Crippen LogP contribution in [-0.4, -0.2) is 22.0 Å². The topological polar surface area (TPSA) is 90.1 Å². The highest BCUT2D eigenvalue weighted by Crippen LogP contribution is 2.18. The maximum absolute atomic E-state index is 12.5. The van der Waals surface area contributed by atoms with Crippen molar-refractivity contribution < 1.29 is 4.79 Å². The molecular weight excluding hydrogens is 342 g/mol. The molecule has 1 amide bonds. The van der Waals surface area contributed by atoms with E-state index in [0.29, 0.717) is 28.6 Å². The first kappa shape index (κ1) is 17.0. The van der Waals surface area contributed by atoms with Crippen LogP contribution in [0.25, 0.3) is 0 Å². The molecule has 1 unspecified atom stereocenters. The van der Waals surface area contributed by atoms with E-state index in [0.717, 1.165) is 5.70 Å². The second-order valence-electron chi connectivity index (χ2n) is 5.64. The highest BCUT2D eigenvalue weighted by molar-refractivity contribution is 6.33. The van der Waals surface area contributed by atoms with Gasteiger partial charge < -0.3 is 5.32 Å². The Labute approximate surface area is 149 Å². The fraction of sp³-hybridized carbons (Fsp3) is 0.235. The van der Waals surface area contributed by atoms with Crippen molar-refractivity contribution in [1.29, 1.82) is 0 Å². The van der Waals surface area contributed by atoms with E-state index in [1.54, 1.807) is 29.3 Å². The molecule has 7 nitrogen and oxygen atoms in total. The number of aryl methyl sites for hydroxylation is 1. The highest BCUT2D eigenvalue weighted by Gasteiger charge is 2.27. The fourth-order valence-electron chi connectivity index (χ4n) is 2.55. The molecule has 2 heterocycles. The van der Waals surface area contributed by atoms with Crippen LogP contribution in [-0.2, 0) is 6.42 Å². The first-order chi connectivity index (χ1) is 12.0. The Balaban J connectivity index is 1.87. The maximum atomic E-state index is 12.5. The van der Waals surface area contributed by atoms with Gasteiger partial charge >= 0.3 is 0 Å². The number of nitrogens with one attached hydrogen (secondary N) is 3. The van der Waals surface area contributed by atoms with Crippen LogP contribution in [0.15, 0.2) is 46.9 Å². The lowest BCUT2D eigenvalue weighted by Gasteiger charge is -2.26. The number of rotatable bonds is 4. The Kier molecular flexibility index (Phi) is 4.76. The summed E-state index contributed by atoms with van der Waals surface area (Å²) in [5, 5.41) is 4.85. The summed E-state index contributed by atoms with van der Waals surface area (Å²) in [6, 6.07) is 8.27. The second-order valence-corrected chi connectivity index (χ2v) is 6.05. The van der Waals surface area contributed by atoms with Crippen LogP contribution in [0.5, 0.6) is 0 Å². The number of allylic oxidation sites excluding steroid dienone is 1. The van der Waals surface area contributed by atoms with Crippen molar-refractivity contribution in [3.8, 4) is 0 Å². The predicted molar refractivity (Wildman–Crippen MR) is 96.3 cm³/mol. The normalized spacial score (nSPS) is 16.4. The van der Waals surface area contributed by atoms with Crippen molar-refractivity contribution >= 4 is 23.5 Å². The molecule has 1 aromatic carbocycles. The quantitative estimate of drug-likeness (QED) is 0.776. The SMILES string of the molecule is CCc1cc(=O)[nH]c(N2NC(C)=CC2NC(=O)c2ccccc2Cl)n1. The highest BCUT2D eigenvalue weighted by atomic mass is 35.5. The predicted octanol–water partition coefficient (Wildman–Crippen LogP) is 1.97. The van der Waals surface area contributed by atoms with Gasteiger partial charge in [-0.05, 0) is 31.6 Å². The average Bonchev–Trinajstić information content (AvgIpc) is 2.95. The van der Waals surface area contributed by atoms with Gasteiger partial charge in [-0.3, -0.25) is 20.0 Å². The zero-order valence-corrected chi connectivity index (χ0v) is 14.6. The summed E-state index contributed by atoms with van der Waals surface area (Å²) in [5.74, 6) is 0.0178. The summed E-state index contributed by atoms with van der Waals surface area (Å²) in [7, 11) is 0. The third kappa shape index (κ3) is 3.66. The molecule has 0 spiro atoms. The van der Waals surface area contributed by atoms with E-state index in [1.165, 1.54) is 6.07 Å². The van der Waals surface area contributed by atoms with E-state index >= 15 is 0 Å². The molecule has 0 radical (unpaired) electrons. The minimum absolute atomic E-state index is 0.246.